The summed E-state index contributed by atoms with van der Waals surface area (Å²) in [6.07, 6.45) is 7.33. The molecule has 0 saturated heterocycles. The van der Waals surface area contributed by atoms with Crippen molar-refractivity contribution in [3.8, 4) is 33.8 Å². The fraction of sp³-hybridized carbons (Fsp3) is 0.379. The average Bonchev–Trinajstić information content (AvgIpc) is 2.87. The van der Waals surface area contributed by atoms with Gasteiger partial charge < -0.3 is 19.7 Å². The summed E-state index contributed by atoms with van der Waals surface area (Å²) in [4.78, 5) is 0. The third-order valence-corrected chi connectivity index (χ3v) is 5.73. The van der Waals surface area contributed by atoms with E-state index in [0.29, 0.717) is 13.2 Å². The molecule has 33 heavy (non-hydrogen) atoms. The normalized spacial score (nSPS) is 10.9. The van der Waals surface area contributed by atoms with E-state index in [2.05, 4.69) is 49.4 Å². The van der Waals surface area contributed by atoms with E-state index in [0.717, 1.165) is 23.5 Å². The minimum absolute atomic E-state index is 0.0133. The van der Waals surface area contributed by atoms with Crippen molar-refractivity contribution in [2.45, 2.75) is 45.4 Å². The van der Waals surface area contributed by atoms with Gasteiger partial charge in [-0.05, 0) is 64.9 Å². The second-order valence-corrected chi connectivity index (χ2v) is 8.23. The van der Waals surface area contributed by atoms with Gasteiger partial charge in [0.1, 0.15) is 24.7 Å². The molecule has 0 radical (unpaired) electrons. The topological polar surface area (TPSA) is 58.9 Å². The highest BCUT2D eigenvalue weighted by molar-refractivity contribution is 5.74. The molecule has 0 aliphatic rings. The highest BCUT2D eigenvalue weighted by atomic mass is 16.5. The second kappa shape index (κ2) is 13.7. The summed E-state index contributed by atoms with van der Waals surface area (Å²) in [7, 11) is 0. The zero-order valence-corrected chi connectivity index (χ0v) is 19.6. The smallest absolute Gasteiger partial charge is 0.119 e. The van der Waals surface area contributed by atoms with Gasteiger partial charge in [-0.25, -0.2) is 0 Å². The molecule has 0 aliphatic heterocycles. The van der Waals surface area contributed by atoms with Gasteiger partial charge >= 0.3 is 0 Å². The maximum absolute atomic E-state index is 8.96. The highest BCUT2D eigenvalue weighted by Crippen LogP contribution is 2.32. The number of hydrogen-bond donors (Lipinski definition) is 2. The standard InChI is InChI=1S/C29H36O4/c1-2-3-4-5-6-7-26-22-25(23-8-13-27(14-9-23)32-20-18-30)12-17-29(26)24-10-15-28(16-11-24)33-21-19-31/h8-17,22,30-31H,2-7,18-21H2,1H3. The molecule has 0 atom stereocenters. The molecule has 2 N–H and O–H groups in total. The van der Waals surface area contributed by atoms with Gasteiger partial charge in [0.2, 0.25) is 0 Å². The van der Waals surface area contributed by atoms with E-state index < -0.39 is 0 Å². The Labute approximate surface area is 197 Å². The fourth-order valence-electron chi connectivity index (χ4n) is 3.98. The van der Waals surface area contributed by atoms with Gasteiger partial charge in [0, 0.05) is 0 Å². The Hall–Kier alpha value is -2.82. The lowest BCUT2D eigenvalue weighted by atomic mass is 9.92. The van der Waals surface area contributed by atoms with Gasteiger partial charge in [-0.3, -0.25) is 0 Å². The number of benzene rings is 3. The van der Waals surface area contributed by atoms with Crippen molar-refractivity contribution >= 4 is 0 Å². The van der Waals surface area contributed by atoms with Gasteiger partial charge in [0.25, 0.3) is 0 Å². The predicted molar refractivity (Wildman–Crippen MR) is 135 cm³/mol. The van der Waals surface area contributed by atoms with Crippen molar-refractivity contribution in [3.63, 3.8) is 0 Å². The van der Waals surface area contributed by atoms with Crippen LogP contribution in [0.5, 0.6) is 11.5 Å². The van der Waals surface area contributed by atoms with E-state index in [-0.39, 0.29) is 13.2 Å². The molecule has 0 aromatic heterocycles. The summed E-state index contributed by atoms with van der Waals surface area (Å²) in [5.41, 5.74) is 6.13. The van der Waals surface area contributed by atoms with Crippen LogP contribution >= 0.6 is 0 Å². The number of aryl methyl sites for hydroxylation is 1. The maximum atomic E-state index is 8.96. The summed E-state index contributed by atoms with van der Waals surface area (Å²) < 4.78 is 11.0. The van der Waals surface area contributed by atoms with Crippen molar-refractivity contribution in [1.29, 1.82) is 0 Å². The molecule has 3 aromatic carbocycles. The Kier molecular flexibility index (Phi) is 10.3. The van der Waals surface area contributed by atoms with E-state index in [4.69, 9.17) is 19.7 Å². The zero-order valence-electron chi connectivity index (χ0n) is 19.6. The molecule has 0 heterocycles. The highest BCUT2D eigenvalue weighted by Gasteiger charge is 2.09. The van der Waals surface area contributed by atoms with E-state index in [1.807, 2.05) is 24.3 Å². The molecule has 0 amide bonds. The van der Waals surface area contributed by atoms with E-state index in [1.165, 1.54) is 54.4 Å². The first-order valence-electron chi connectivity index (χ1n) is 12.1. The molecule has 0 fully saturated rings. The van der Waals surface area contributed by atoms with Crippen LogP contribution in [0.1, 0.15) is 44.6 Å². The van der Waals surface area contributed by atoms with Crippen molar-refractivity contribution in [2.24, 2.45) is 0 Å². The summed E-state index contributed by atoms with van der Waals surface area (Å²) in [5.74, 6) is 1.54. The van der Waals surface area contributed by atoms with Gasteiger partial charge in [0.15, 0.2) is 0 Å². The first-order chi connectivity index (χ1) is 16.2. The predicted octanol–water partition coefficient (Wildman–Crippen LogP) is 6.28. The molecular weight excluding hydrogens is 412 g/mol. The minimum Gasteiger partial charge on any atom is -0.491 e. The van der Waals surface area contributed by atoms with Crippen LogP contribution in [0, 0.1) is 0 Å². The van der Waals surface area contributed by atoms with E-state index in [9.17, 15) is 0 Å². The Morgan fingerprint density at radius 3 is 1.73 bits per heavy atom. The SMILES string of the molecule is CCCCCCCc1cc(-c2ccc(OCCO)cc2)ccc1-c1ccc(OCCO)cc1. The van der Waals surface area contributed by atoms with Crippen molar-refractivity contribution in [2.75, 3.05) is 26.4 Å². The van der Waals surface area contributed by atoms with Crippen LogP contribution in [-0.2, 0) is 6.42 Å². The van der Waals surface area contributed by atoms with E-state index >= 15 is 0 Å². The molecule has 0 aliphatic carbocycles. The van der Waals surface area contributed by atoms with Crippen LogP contribution in [0.2, 0.25) is 0 Å². The number of rotatable bonds is 14. The molecule has 0 spiro atoms. The lowest BCUT2D eigenvalue weighted by molar-refractivity contribution is 0.201. The molecule has 3 rings (SSSR count). The number of ether oxygens (including phenoxy) is 2. The third-order valence-electron chi connectivity index (χ3n) is 5.73. The molecule has 4 nitrogen and oxygen atoms in total. The Balaban J connectivity index is 1.82. The molecule has 4 heteroatoms. The van der Waals surface area contributed by atoms with Crippen LogP contribution in [0.3, 0.4) is 0 Å². The maximum Gasteiger partial charge on any atom is 0.119 e. The number of aliphatic hydroxyl groups excluding tert-OH is 2. The lowest BCUT2D eigenvalue weighted by Crippen LogP contribution is -2.01. The van der Waals surface area contributed by atoms with Crippen molar-refractivity contribution in [1.82, 2.24) is 0 Å². The van der Waals surface area contributed by atoms with E-state index in [1.54, 1.807) is 0 Å². The van der Waals surface area contributed by atoms with Crippen molar-refractivity contribution in [3.05, 3.63) is 72.3 Å². The van der Waals surface area contributed by atoms with Gasteiger partial charge in [-0.1, -0.05) is 75.1 Å². The van der Waals surface area contributed by atoms with Crippen LogP contribution in [0.15, 0.2) is 66.7 Å². The van der Waals surface area contributed by atoms with Crippen LogP contribution in [-0.4, -0.2) is 36.6 Å². The molecule has 0 unspecified atom stereocenters. The fourth-order valence-corrected chi connectivity index (χ4v) is 3.98. The largest absolute Gasteiger partial charge is 0.491 e. The molecular formula is C29H36O4. The number of aliphatic hydroxyl groups is 2. The molecule has 0 saturated carbocycles. The first-order valence-corrected chi connectivity index (χ1v) is 12.1. The third kappa shape index (κ3) is 7.62. The summed E-state index contributed by atoms with van der Waals surface area (Å²) in [6, 6.07) is 22.9. The number of unbranched alkanes of at least 4 members (excludes halogenated alkanes) is 4. The quantitative estimate of drug-likeness (QED) is 0.285. The van der Waals surface area contributed by atoms with Crippen LogP contribution in [0.4, 0.5) is 0 Å². The van der Waals surface area contributed by atoms with Gasteiger partial charge in [0.05, 0.1) is 13.2 Å². The minimum atomic E-state index is 0.0133. The van der Waals surface area contributed by atoms with Crippen LogP contribution < -0.4 is 9.47 Å². The zero-order chi connectivity index (χ0) is 23.3. The number of hydrogen-bond acceptors (Lipinski definition) is 4. The lowest BCUT2D eigenvalue weighted by Gasteiger charge is -2.14. The average molecular weight is 449 g/mol. The first kappa shape index (κ1) is 24.8. The van der Waals surface area contributed by atoms with Gasteiger partial charge in [-0.2, -0.15) is 0 Å². The molecule has 0 bridgehead atoms. The molecule has 3 aromatic rings. The Morgan fingerprint density at radius 2 is 1.15 bits per heavy atom. The summed E-state index contributed by atoms with van der Waals surface area (Å²) in [6.45, 7) is 2.88. The summed E-state index contributed by atoms with van der Waals surface area (Å²) in [5, 5.41) is 17.9. The summed E-state index contributed by atoms with van der Waals surface area (Å²) >= 11 is 0. The Morgan fingerprint density at radius 1 is 0.606 bits per heavy atom. The van der Waals surface area contributed by atoms with Crippen molar-refractivity contribution < 1.29 is 19.7 Å². The van der Waals surface area contributed by atoms with Gasteiger partial charge in [-0.15, -0.1) is 0 Å². The monoisotopic (exact) mass is 448 g/mol. The molecule has 176 valence electrons. The van der Waals surface area contributed by atoms with Crippen LogP contribution in [0.25, 0.3) is 22.3 Å². The second-order valence-electron chi connectivity index (χ2n) is 8.23. The Bertz CT molecular complexity index is 948.